The van der Waals surface area contributed by atoms with Crippen LogP contribution in [0.3, 0.4) is 0 Å². The monoisotopic (exact) mass is 434 g/mol. The fourth-order valence-corrected chi connectivity index (χ4v) is 5.35. The second-order valence-corrected chi connectivity index (χ2v) is 9.62. The fraction of sp³-hybridized carbons (Fsp3) is 0.400. The summed E-state index contributed by atoms with van der Waals surface area (Å²) in [5, 5.41) is 0.595. The van der Waals surface area contributed by atoms with Gasteiger partial charge in [0.05, 0.1) is 9.92 Å². The van der Waals surface area contributed by atoms with Gasteiger partial charge in [0.2, 0.25) is 10.0 Å². The first kappa shape index (κ1) is 20.1. The van der Waals surface area contributed by atoms with E-state index in [9.17, 15) is 13.2 Å². The number of benzene rings is 1. The zero-order valence-electron chi connectivity index (χ0n) is 16.0. The Morgan fingerprint density at radius 3 is 2.14 bits per heavy atom. The van der Waals surface area contributed by atoms with Crippen molar-refractivity contribution in [2.75, 3.05) is 44.2 Å². The van der Waals surface area contributed by atoms with E-state index in [0.29, 0.717) is 49.9 Å². The number of sulfonamides is 1. The van der Waals surface area contributed by atoms with E-state index < -0.39 is 10.0 Å². The van der Waals surface area contributed by atoms with Crippen LogP contribution in [0.1, 0.15) is 23.2 Å². The van der Waals surface area contributed by atoms with E-state index in [4.69, 9.17) is 11.6 Å². The summed E-state index contributed by atoms with van der Waals surface area (Å²) >= 11 is 5.89. The lowest BCUT2D eigenvalue weighted by molar-refractivity contribution is 0.0746. The first-order valence-corrected chi connectivity index (χ1v) is 11.5. The summed E-state index contributed by atoms with van der Waals surface area (Å²) < 4.78 is 26.7. The maximum atomic E-state index is 12.8. The molecule has 1 aromatic carbocycles. The molecule has 7 nitrogen and oxygen atoms in total. The number of hydrogen-bond acceptors (Lipinski definition) is 5. The zero-order chi connectivity index (χ0) is 20.4. The Morgan fingerprint density at radius 1 is 0.897 bits per heavy atom. The maximum Gasteiger partial charge on any atom is 0.253 e. The van der Waals surface area contributed by atoms with Crippen LogP contribution in [0.5, 0.6) is 0 Å². The molecule has 0 N–H and O–H groups in total. The number of carbonyl (C=O) groups is 1. The third-order valence-corrected chi connectivity index (χ3v) is 7.54. The van der Waals surface area contributed by atoms with Crippen LogP contribution in [0.4, 0.5) is 5.82 Å². The van der Waals surface area contributed by atoms with Gasteiger partial charge in [0.1, 0.15) is 5.82 Å². The van der Waals surface area contributed by atoms with Gasteiger partial charge in [-0.3, -0.25) is 4.79 Å². The molecule has 0 radical (unpaired) electrons. The van der Waals surface area contributed by atoms with Crippen molar-refractivity contribution < 1.29 is 13.2 Å². The molecule has 0 atom stereocenters. The number of nitrogens with zero attached hydrogens (tertiary/aromatic N) is 4. The number of amides is 1. The van der Waals surface area contributed by atoms with Crippen molar-refractivity contribution in [3.8, 4) is 0 Å². The van der Waals surface area contributed by atoms with E-state index in [1.807, 2.05) is 6.07 Å². The SMILES string of the molecule is O=C(c1ccc(S(=O)(=O)N2CCCC2)cc1)N1CCN(c2ccc(Cl)cn2)CC1. The van der Waals surface area contributed by atoms with Crippen LogP contribution in [0.25, 0.3) is 0 Å². The molecule has 3 heterocycles. The quantitative estimate of drug-likeness (QED) is 0.739. The predicted octanol–water partition coefficient (Wildman–Crippen LogP) is 2.48. The van der Waals surface area contributed by atoms with E-state index in [0.717, 1.165) is 18.7 Å². The fourth-order valence-electron chi connectivity index (χ4n) is 3.72. The molecule has 1 amide bonds. The molecular weight excluding hydrogens is 412 g/mol. The average molecular weight is 435 g/mol. The van der Waals surface area contributed by atoms with E-state index in [2.05, 4.69) is 9.88 Å². The summed E-state index contributed by atoms with van der Waals surface area (Å²) in [7, 11) is -3.46. The summed E-state index contributed by atoms with van der Waals surface area (Å²) in [6.07, 6.45) is 3.41. The minimum atomic E-state index is -3.46. The molecule has 154 valence electrons. The molecule has 4 rings (SSSR count). The smallest absolute Gasteiger partial charge is 0.253 e. The van der Waals surface area contributed by atoms with Crippen LogP contribution in [0.2, 0.25) is 5.02 Å². The Bertz CT molecular complexity index is 966. The molecule has 0 spiro atoms. The Labute approximate surface area is 175 Å². The number of pyridine rings is 1. The van der Waals surface area contributed by atoms with E-state index in [1.54, 1.807) is 29.3 Å². The number of aromatic nitrogens is 1. The van der Waals surface area contributed by atoms with Crippen molar-refractivity contribution in [2.24, 2.45) is 0 Å². The first-order valence-electron chi connectivity index (χ1n) is 9.71. The molecule has 2 aromatic rings. The van der Waals surface area contributed by atoms with Gasteiger partial charge in [-0.2, -0.15) is 4.31 Å². The average Bonchev–Trinajstić information content (AvgIpc) is 3.30. The first-order chi connectivity index (χ1) is 13.9. The predicted molar refractivity (Wildman–Crippen MR) is 112 cm³/mol. The largest absolute Gasteiger partial charge is 0.353 e. The van der Waals surface area contributed by atoms with E-state index in [1.165, 1.54) is 16.4 Å². The van der Waals surface area contributed by atoms with Crippen molar-refractivity contribution >= 4 is 33.3 Å². The van der Waals surface area contributed by atoms with Gasteiger partial charge in [0, 0.05) is 51.0 Å². The molecule has 29 heavy (non-hydrogen) atoms. The standard InChI is InChI=1S/C20H23ClN4O3S/c21-17-5-8-19(22-15-17)23-11-13-24(14-12-23)20(26)16-3-6-18(7-4-16)29(27,28)25-9-1-2-10-25/h3-8,15H,1-2,9-14H2. The number of piperazine rings is 1. The lowest BCUT2D eigenvalue weighted by Gasteiger charge is -2.35. The van der Waals surface area contributed by atoms with Crippen LogP contribution in [-0.4, -0.2) is 67.8 Å². The van der Waals surface area contributed by atoms with Crippen LogP contribution in [0, 0.1) is 0 Å². The number of hydrogen-bond donors (Lipinski definition) is 0. The summed E-state index contributed by atoms with van der Waals surface area (Å²) in [6.45, 7) is 3.66. The number of rotatable bonds is 4. The Morgan fingerprint density at radius 2 is 1.55 bits per heavy atom. The van der Waals surface area contributed by atoms with Gasteiger partial charge in [-0.1, -0.05) is 11.6 Å². The van der Waals surface area contributed by atoms with Gasteiger partial charge in [0.15, 0.2) is 0 Å². The second-order valence-electron chi connectivity index (χ2n) is 7.25. The van der Waals surface area contributed by atoms with Gasteiger partial charge < -0.3 is 9.80 Å². The van der Waals surface area contributed by atoms with E-state index in [-0.39, 0.29) is 10.8 Å². The zero-order valence-corrected chi connectivity index (χ0v) is 17.6. The lowest BCUT2D eigenvalue weighted by Crippen LogP contribution is -2.49. The van der Waals surface area contributed by atoms with Gasteiger partial charge in [-0.15, -0.1) is 0 Å². The summed E-state index contributed by atoms with van der Waals surface area (Å²) in [5.74, 6) is 0.761. The molecule has 2 saturated heterocycles. The third-order valence-electron chi connectivity index (χ3n) is 5.41. The van der Waals surface area contributed by atoms with Crippen molar-refractivity contribution in [1.82, 2.24) is 14.2 Å². The highest BCUT2D eigenvalue weighted by Gasteiger charge is 2.28. The lowest BCUT2D eigenvalue weighted by atomic mass is 10.2. The van der Waals surface area contributed by atoms with Gasteiger partial charge in [-0.05, 0) is 49.2 Å². The second kappa shape index (κ2) is 8.30. The topological polar surface area (TPSA) is 73.8 Å². The Balaban J connectivity index is 1.39. The van der Waals surface area contributed by atoms with Crippen molar-refractivity contribution in [1.29, 1.82) is 0 Å². The molecule has 2 aliphatic rings. The summed E-state index contributed by atoms with van der Waals surface area (Å²) in [4.78, 5) is 21.3. The highest BCUT2D eigenvalue weighted by molar-refractivity contribution is 7.89. The molecule has 0 aliphatic carbocycles. The molecule has 9 heteroatoms. The van der Waals surface area contributed by atoms with Crippen molar-refractivity contribution in [3.63, 3.8) is 0 Å². The molecule has 0 unspecified atom stereocenters. The molecule has 0 saturated carbocycles. The van der Waals surface area contributed by atoms with Crippen molar-refractivity contribution in [2.45, 2.75) is 17.7 Å². The highest BCUT2D eigenvalue weighted by Crippen LogP contribution is 2.22. The highest BCUT2D eigenvalue weighted by atomic mass is 35.5. The number of anilines is 1. The Hall–Kier alpha value is -2.16. The molecule has 2 fully saturated rings. The Kier molecular flexibility index (Phi) is 5.76. The van der Waals surface area contributed by atoms with Gasteiger partial charge in [0.25, 0.3) is 5.91 Å². The van der Waals surface area contributed by atoms with Gasteiger partial charge >= 0.3 is 0 Å². The summed E-state index contributed by atoms with van der Waals surface area (Å²) in [5.41, 5.74) is 0.503. The molecule has 2 aliphatic heterocycles. The molecule has 1 aromatic heterocycles. The maximum absolute atomic E-state index is 12.8. The third kappa shape index (κ3) is 4.24. The van der Waals surface area contributed by atoms with Crippen LogP contribution in [0.15, 0.2) is 47.5 Å². The summed E-state index contributed by atoms with van der Waals surface area (Å²) in [6, 6.07) is 9.97. The minimum absolute atomic E-state index is 0.0844. The van der Waals surface area contributed by atoms with Crippen molar-refractivity contribution in [3.05, 3.63) is 53.2 Å². The normalized spacial score (nSPS) is 18.2. The van der Waals surface area contributed by atoms with Gasteiger partial charge in [-0.25, -0.2) is 13.4 Å². The van der Waals surface area contributed by atoms with E-state index >= 15 is 0 Å². The number of halogens is 1. The number of carbonyl (C=O) groups excluding carboxylic acids is 1. The van der Waals surface area contributed by atoms with Crippen LogP contribution < -0.4 is 4.90 Å². The minimum Gasteiger partial charge on any atom is -0.353 e. The molecular formula is C20H23ClN4O3S. The van der Waals surface area contributed by atoms with Crippen LogP contribution in [-0.2, 0) is 10.0 Å². The molecule has 0 bridgehead atoms. The van der Waals surface area contributed by atoms with Crippen LogP contribution >= 0.6 is 11.6 Å².